The molecule has 7 N–H and O–H groups in total. The molecule has 0 aromatic carbocycles. The third-order valence-corrected chi connectivity index (χ3v) is 5.18. The molecular formula is C19H34O11. The van der Waals surface area contributed by atoms with Gasteiger partial charge in [-0.3, -0.25) is 0 Å². The summed E-state index contributed by atoms with van der Waals surface area (Å²) in [4.78, 5) is 0. The molecule has 0 bridgehead atoms. The van der Waals surface area contributed by atoms with E-state index in [4.69, 9.17) is 18.9 Å². The molecule has 2 rings (SSSR count). The lowest BCUT2D eigenvalue weighted by Crippen LogP contribution is -2.60. The highest BCUT2D eigenvalue weighted by molar-refractivity contribution is 4.93. The molecule has 2 fully saturated rings. The van der Waals surface area contributed by atoms with Crippen molar-refractivity contribution in [1.29, 1.82) is 0 Å². The Hall–Kier alpha value is -0.860. The summed E-state index contributed by atoms with van der Waals surface area (Å²) in [6.45, 7) is 1.44. The van der Waals surface area contributed by atoms with Crippen LogP contribution in [0, 0.1) is 0 Å². The number of hydrogen-bond acceptors (Lipinski definition) is 11. The van der Waals surface area contributed by atoms with Gasteiger partial charge in [0.25, 0.3) is 0 Å². The lowest BCUT2D eigenvalue weighted by Gasteiger charge is -2.41. The molecule has 0 aliphatic carbocycles. The van der Waals surface area contributed by atoms with E-state index in [1.807, 2.05) is 0 Å². The van der Waals surface area contributed by atoms with Crippen molar-refractivity contribution in [3.8, 4) is 0 Å². The topological polar surface area (TPSA) is 179 Å². The normalized spacial score (nSPS) is 41.1. The van der Waals surface area contributed by atoms with Crippen LogP contribution in [0.5, 0.6) is 0 Å². The molecule has 0 amide bonds. The first kappa shape index (κ1) is 25.4. The Morgan fingerprint density at radius 1 is 1.00 bits per heavy atom. The standard InChI is InChI=1S/C19H34O11/c1-2-3-4-5-10(20)6-7-27-17-14(23)12(30-18(26)16(17)25)9-29-19-15(24)13(22)11(21)8-28-19/h6-7,10-26H,2-5,8-9H2,1H3/b7-6-/t10-,11-,12-,13+,14-,15-,16-,17+,18-,19+/m1/s1. The van der Waals surface area contributed by atoms with Crippen molar-refractivity contribution in [1.82, 2.24) is 0 Å². The largest absolute Gasteiger partial charge is 0.493 e. The minimum absolute atomic E-state index is 0.255. The second-order valence-electron chi connectivity index (χ2n) is 7.62. The summed E-state index contributed by atoms with van der Waals surface area (Å²) in [6, 6.07) is 0. The zero-order valence-electron chi connectivity index (χ0n) is 16.9. The third-order valence-electron chi connectivity index (χ3n) is 5.18. The lowest BCUT2D eigenvalue weighted by atomic mass is 9.99. The van der Waals surface area contributed by atoms with Gasteiger partial charge in [0.15, 0.2) is 18.7 Å². The van der Waals surface area contributed by atoms with Crippen molar-refractivity contribution in [2.24, 2.45) is 0 Å². The third kappa shape index (κ3) is 6.82. The number of unbranched alkanes of at least 4 members (excludes halogenated alkanes) is 2. The Morgan fingerprint density at radius 3 is 2.43 bits per heavy atom. The maximum absolute atomic E-state index is 10.5. The highest BCUT2D eigenvalue weighted by Gasteiger charge is 2.46. The van der Waals surface area contributed by atoms with Crippen molar-refractivity contribution in [2.75, 3.05) is 13.2 Å². The Kier molecular flexibility index (Phi) is 10.4. The molecule has 0 unspecified atom stereocenters. The predicted molar refractivity (Wildman–Crippen MR) is 101 cm³/mol. The van der Waals surface area contributed by atoms with Crippen LogP contribution in [0.2, 0.25) is 0 Å². The van der Waals surface area contributed by atoms with Crippen LogP contribution in [0.3, 0.4) is 0 Å². The number of aliphatic hydroxyl groups excluding tert-OH is 7. The smallest absolute Gasteiger partial charge is 0.186 e. The van der Waals surface area contributed by atoms with Gasteiger partial charge >= 0.3 is 0 Å². The van der Waals surface area contributed by atoms with Crippen LogP contribution in [0.1, 0.15) is 32.6 Å². The Morgan fingerprint density at radius 2 is 1.73 bits per heavy atom. The summed E-state index contributed by atoms with van der Waals surface area (Å²) in [5.41, 5.74) is 0. The van der Waals surface area contributed by atoms with E-state index >= 15 is 0 Å². The van der Waals surface area contributed by atoms with E-state index < -0.39 is 61.4 Å². The minimum atomic E-state index is -1.67. The molecular weight excluding hydrogens is 404 g/mol. The van der Waals surface area contributed by atoms with Crippen LogP contribution >= 0.6 is 0 Å². The zero-order chi connectivity index (χ0) is 22.3. The Labute approximate surface area is 175 Å². The van der Waals surface area contributed by atoms with Gasteiger partial charge in [-0.2, -0.15) is 0 Å². The molecule has 11 heteroatoms. The fraction of sp³-hybridized carbons (Fsp3) is 0.895. The molecule has 0 radical (unpaired) electrons. The Bertz CT molecular complexity index is 519. The lowest BCUT2D eigenvalue weighted by molar-refractivity contribution is -0.312. The first-order valence-corrected chi connectivity index (χ1v) is 10.2. The van der Waals surface area contributed by atoms with E-state index in [0.29, 0.717) is 6.42 Å². The zero-order valence-corrected chi connectivity index (χ0v) is 16.9. The van der Waals surface area contributed by atoms with Crippen molar-refractivity contribution in [2.45, 2.75) is 94.0 Å². The van der Waals surface area contributed by atoms with Gasteiger partial charge in [-0.25, -0.2) is 0 Å². The molecule has 0 saturated carbocycles. The molecule has 2 aliphatic rings. The van der Waals surface area contributed by atoms with Crippen LogP contribution in [-0.2, 0) is 18.9 Å². The average Bonchev–Trinajstić information content (AvgIpc) is 2.72. The summed E-state index contributed by atoms with van der Waals surface area (Å²) in [7, 11) is 0. The highest BCUT2D eigenvalue weighted by atomic mass is 16.7. The number of rotatable bonds is 10. The molecule has 30 heavy (non-hydrogen) atoms. The van der Waals surface area contributed by atoms with E-state index in [2.05, 4.69) is 6.92 Å². The second-order valence-corrected chi connectivity index (χ2v) is 7.62. The monoisotopic (exact) mass is 438 g/mol. The molecule has 2 heterocycles. The van der Waals surface area contributed by atoms with E-state index in [1.54, 1.807) is 0 Å². The molecule has 2 aliphatic heterocycles. The van der Waals surface area contributed by atoms with Crippen LogP contribution in [0.15, 0.2) is 12.3 Å². The predicted octanol–water partition coefficient (Wildman–Crippen LogP) is -2.28. The second kappa shape index (κ2) is 12.2. The molecule has 11 nitrogen and oxygen atoms in total. The van der Waals surface area contributed by atoms with Gasteiger partial charge < -0.3 is 54.7 Å². The van der Waals surface area contributed by atoms with Crippen LogP contribution in [0.25, 0.3) is 0 Å². The van der Waals surface area contributed by atoms with Crippen molar-refractivity contribution in [3.05, 3.63) is 12.3 Å². The summed E-state index contributed by atoms with van der Waals surface area (Å²) in [5.74, 6) is 0. The van der Waals surface area contributed by atoms with Gasteiger partial charge in [0, 0.05) is 0 Å². The van der Waals surface area contributed by atoms with Crippen molar-refractivity contribution in [3.63, 3.8) is 0 Å². The van der Waals surface area contributed by atoms with Gasteiger partial charge in [0.1, 0.15) is 36.6 Å². The fourth-order valence-electron chi connectivity index (χ4n) is 3.26. The number of aliphatic hydroxyl groups is 7. The van der Waals surface area contributed by atoms with Gasteiger partial charge in [-0.1, -0.05) is 26.2 Å². The van der Waals surface area contributed by atoms with Gasteiger partial charge in [-0.15, -0.1) is 0 Å². The minimum Gasteiger partial charge on any atom is -0.493 e. The van der Waals surface area contributed by atoms with Crippen molar-refractivity contribution < 1.29 is 54.7 Å². The van der Waals surface area contributed by atoms with Crippen molar-refractivity contribution >= 4 is 0 Å². The van der Waals surface area contributed by atoms with Crippen LogP contribution in [0.4, 0.5) is 0 Å². The van der Waals surface area contributed by atoms with Gasteiger partial charge in [0.2, 0.25) is 0 Å². The van der Waals surface area contributed by atoms with Gasteiger partial charge in [-0.05, 0) is 12.5 Å². The SMILES string of the molecule is CCCCC[C@@H](O)/C=C\O[C@@H]1[C@@H](O)[C@H](O)O[C@H](CO[C@@H]2OC[C@@H](O)[C@H](O)[C@H]2O)[C@H]1O. The first-order valence-electron chi connectivity index (χ1n) is 10.2. The van der Waals surface area contributed by atoms with Gasteiger partial charge in [0.05, 0.1) is 25.6 Å². The molecule has 0 spiro atoms. The van der Waals surface area contributed by atoms with E-state index in [-0.39, 0.29) is 13.2 Å². The molecule has 10 atom stereocenters. The summed E-state index contributed by atoms with van der Waals surface area (Å²) < 4.78 is 20.9. The van der Waals surface area contributed by atoms with E-state index in [0.717, 1.165) is 25.5 Å². The van der Waals surface area contributed by atoms with E-state index in [1.165, 1.54) is 6.08 Å². The highest BCUT2D eigenvalue weighted by Crippen LogP contribution is 2.25. The maximum Gasteiger partial charge on any atom is 0.186 e. The summed E-state index contributed by atoms with van der Waals surface area (Å²) >= 11 is 0. The maximum atomic E-state index is 10.5. The van der Waals surface area contributed by atoms with Crippen LogP contribution < -0.4 is 0 Å². The quantitative estimate of drug-likeness (QED) is 0.144. The Balaban J connectivity index is 1.87. The molecule has 0 aromatic heterocycles. The summed E-state index contributed by atoms with van der Waals surface area (Å²) in [6.07, 6.45) is -7.31. The molecule has 0 aromatic rings. The molecule has 2 saturated heterocycles. The fourth-order valence-corrected chi connectivity index (χ4v) is 3.26. The average molecular weight is 438 g/mol. The van der Waals surface area contributed by atoms with Crippen LogP contribution in [-0.4, -0.2) is 110 Å². The number of hydrogen-bond donors (Lipinski definition) is 7. The number of ether oxygens (including phenoxy) is 4. The first-order chi connectivity index (χ1) is 14.3. The van der Waals surface area contributed by atoms with E-state index in [9.17, 15) is 35.7 Å². The molecule has 176 valence electrons. The summed E-state index contributed by atoms with van der Waals surface area (Å²) in [5, 5.41) is 69.3.